The number of rotatable bonds is 9. The van der Waals surface area contributed by atoms with E-state index in [-0.39, 0.29) is 24.0 Å². The molecule has 1 saturated carbocycles. The van der Waals surface area contributed by atoms with Crippen LogP contribution < -0.4 is 9.47 Å². The van der Waals surface area contributed by atoms with E-state index in [1.807, 2.05) is 24.3 Å². The van der Waals surface area contributed by atoms with Gasteiger partial charge >= 0.3 is 0 Å². The van der Waals surface area contributed by atoms with Crippen molar-refractivity contribution >= 4 is 0 Å². The van der Waals surface area contributed by atoms with Gasteiger partial charge in [-0.3, -0.25) is 0 Å². The first-order valence-corrected chi connectivity index (χ1v) is 8.45. The molecule has 4 nitrogen and oxygen atoms in total. The van der Waals surface area contributed by atoms with Crippen LogP contribution in [0.25, 0.3) is 0 Å². The van der Waals surface area contributed by atoms with Crippen molar-refractivity contribution in [3.05, 3.63) is 24.3 Å². The topological polar surface area (TPSA) is 47.9 Å². The molecular formula is C19H30O4. The van der Waals surface area contributed by atoms with E-state index in [0.717, 1.165) is 30.8 Å². The van der Waals surface area contributed by atoms with E-state index in [0.29, 0.717) is 12.7 Å². The van der Waals surface area contributed by atoms with Crippen LogP contribution in [-0.4, -0.2) is 37.6 Å². The van der Waals surface area contributed by atoms with E-state index in [9.17, 15) is 5.11 Å². The first kappa shape index (κ1) is 18.1. The van der Waals surface area contributed by atoms with E-state index in [2.05, 4.69) is 20.8 Å². The van der Waals surface area contributed by atoms with Gasteiger partial charge in [0.05, 0.1) is 12.7 Å². The monoisotopic (exact) mass is 322 g/mol. The van der Waals surface area contributed by atoms with Gasteiger partial charge in [-0.2, -0.15) is 0 Å². The molecule has 1 aliphatic rings. The van der Waals surface area contributed by atoms with Crippen LogP contribution in [0, 0.1) is 11.3 Å². The Labute approximate surface area is 139 Å². The van der Waals surface area contributed by atoms with Gasteiger partial charge in [-0.05, 0) is 29.9 Å². The molecule has 0 bridgehead atoms. The lowest BCUT2D eigenvalue weighted by Gasteiger charge is -2.34. The molecule has 1 fully saturated rings. The molecule has 23 heavy (non-hydrogen) atoms. The summed E-state index contributed by atoms with van der Waals surface area (Å²) < 4.78 is 17.2. The van der Waals surface area contributed by atoms with E-state index in [1.165, 1.54) is 0 Å². The molecule has 0 heterocycles. The largest absolute Gasteiger partial charge is 0.493 e. The van der Waals surface area contributed by atoms with Crippen LogP contribution >= 0.6 is 0 Å². The SMILES string of the molecule is COC1CC(Oc2cccc(OCC(C)(C)CC(C)CO)c2)C1. The Morgan fingerprint density at radius 2 is 1.91 bits per heavy atom. The third kappa shape index (κ3) is 5.70. The second-order valence-electron chi connectivity index (χ2n) is 7.49. The van der Waals surface area contributed by atoms with Gasteiger partial charge in [-0.25, -0.2) is 0 Å². The van der Waals surface area contributed by atoms with E-state index in [4.69, 9.17) is 14.2 Å². The van der Waals surface area contributed by atoms with Gasteiger partial charge in [0.1, 0.15) is 17.6 Å². The van der Waals surface area contributed by atoms with Crippen molar-refractivity contribution < 1.29 is 19.3 Å². The Balaban J connectivity index is 1.83. The zero-order valence-corrected chi connectivity index (χ0v) is 14.7. The minimum atomic E-state index is 0.0265. The summed E-state index contributed by atoms with van der Waals surface area (Å²) in [5.74, 6) is 1.97. The maximum Gasteiger partial charge on any atom is 0.123 e. The second-order valence-corrected chi connectivity index (χ2v) is 7.49. The molecule has 0 saturated heterocycles. The fourth-order valence-corrected chi connectivity index (χ4v) is 2.98. The molecule has 0 spiro atoms. The van der Waals surface area contributed by atoms with Crippen LogP contribution in [0.15, 0.2) is 24.3 Å². The Hall–Kier alpha value is -1.26. The molecule has 2 rings (SSSR count). The van der Waals surface area contributed by atoms with Crippen molar-refractivity contribution in [2.75, 3.05) is 20.3 Å². The molecule has 0 aliphatic heterocycles. The van der Waals surface area contributed by atoms with Crippen molar-refractivity contribution in [1.29, 1.82) is 0 Å². The smallest absolute Gasteiger partial charge is 0.123 e. The summed E-state index contributed by atoms with van der Waals surface area (Å²) in [6.07, 6.45) is 3.42. The van der Waals surface area contributed by atoms with Crippen molar-refractivity contribution in [2.24, 2.45) is 11.3 Å². The Kier molecular flexibility index (Phi) is 6.31. The minimum absolute atomic E-state index is 0.0265. The number of hydrogen-bond donors (Lipinski definition) is 1. The predicted molar refractivity (Wildman–Crippen MR) is 91.0 cm³/mol. The van der Waals surface area contributed by atoms with Crippen molar-refractivity contribution in [1.82, 2.24) is 0 Å². The molecular weight excluding hydrogens is 292 g/mol. The van der Waals surface area contributed by atoms with Gasteiger partial charge in [0, 0.05) is 32.6 Å². The zero-order valence-electron chi connectivity index (χ0n) is 14.7. The minimum Gasteiger partial charge on any atom is -0.493 e. The first-order chi connectivity index (χ1) is 10.9. The van der Waals surface area contributed by atoms with Crippen LogP contribution in [0.2, 0.25) is 0 Å². The molecule has 1 aliphatic carbocycles. The number of methoxy groups -OCH3 is 1. The Bertz CT molecular complexity index is 480. The van der Waals surface area contributed by atoms with Gasteiger partial charge in [0.2, 0.25) is 0 Å². The highest BCUT2D eigenvalue weighted by Gasteiger charge is 2.30. The lowest BCUT2D eigenvalue weighted by atomic mass is 9.84. The second kappa shape index (κ2) is 8.02. The van der Waals surface area contributed by atoms with Gasteiger partial charge < -0.3 is 19.3 Å². The van der Waals surface area contributed by atoms with E-state index in [1.54, 1.807) is 7.11 Å². The molecule has 0 amide bonds. The van der Waals surface area contributed by atoms with Crippen LogP contribution in [0.4, 0.5) is 0 Å². The molecule has 1 aromatic carbocycles. The van der Waals surface area contributed by atoms with Crippen molar-refractivity contribution in [2.45, 2.75) is 52.2 Å². The van der Waals surface area contributed by atoms with Gasteiger partial charge in [-0.15, -0.1) is 0 Å². The fraction of sp³-hybridized carbons (Fsp3) is 0.684. The molecule has 4 heteroatoms. The lowest BCUT2D eigenvalue weighted by Crippen LogP contribution is -2.38. The number of ether oxygens (including phenoxy) is 3. The summed E-state index contributed by atoms with van der Waals surface area (Å²) in [5.41, 5.74) is 0.0265. The van der Waals surface area contributed by atoms with Crippen molar-refractivity contribution in [3.63, 3.8) is 0 Å². The summed E-state index contributed by atoms with van der Waals surface area (Å²) in [6.45, 7) is 7.23. The van der Waals surface area contributed by atoms with Gasteiger partial charge in [0.25, 0.3) is 0 Å². The molecule has 0 radical (unpaired) electrons. The standard InChI is InChI=1S/C19H30O4/c1-14(12-20)11-19(2,3)13-22-15-6-5-7-16(8-15)23-18-9-17(10-18)21-4/h5-8,14,17-18,20H,9-13H2,1-4H3. The maximum atomic E-state index is 9.20. The Morgan fingerprint density at radius 1 is 1.22 bits per heavy atom. The van der Waals surface area contributed by atoms with Crippen LogP contribution in [-0.2, 0) is 4.74 Å². The molecule has 0 aromatic heterocycles. The Morgan fingerprint density at radius 3 is 2.57 bits per heavy atom. The van der Waals surface area contributed by atoms with Gasteiger partial charge in [0.15, 0.2) is 0 Å². The summed E-state index contributed by atoms with van der Waals surface area (Å²) >= 11 is 0. The predicted octanol–water partition coefficient (Wildman–Crippen LogP) is 3.67. The number of aliphatic hydroxyl groups excluding tert-OH is 1. The molecule has 1 N–H and O–H groups in total. The summed E-state index contributed by atoms with van der Waals surface area (Å²) in [5, 5.41) is 9.20. The molecule has 130 valence electrons. The van der Waals surface area contributed by atoms with Crippen LogP contribution in [0.1, 0.15) is 40.0 Å². The fourth-order valence-electron chi connectivity index (χ4n) is 2.98. The first-order valence-electron chi connectivity index (χ1n) is 8.45. The molecule has 1 unspecified atom stereocenters. The average molecular weight is 322 g/mol. The van der Waals surface area contributed by atoms with Gasteiger partial charge in [-0.1, -0.05) is 26.8 Å². The average Bonchev–Trinajstić information content (AvgIpc) is 2.48. The quantitative estimate of drug-likeness (QED) is 0.753. The number of hydrogen-bond acceptors (Lipinski definition) is 4. The normalized spacial score (nSPS) is 22.3. The van der Waals surface area contributed by atoms with Crippen LogP contribution in [0.3, 0.4) is 0 Å². The highest BCUT2D eigenvalue weighted by molar-refractivity contribution is 5.33. The highest BCUT2D eigenvalue weighted by atomic mass is 16.5. The van der Waals surface area contributed by atoms with E-state index < -0.39 is 0 Å². The number of aliphatic hydroxyl groups is 1. The van der Waals surface area contributed by atoms with Crippen LogP contribution in [0.5, 0.6) is 11.5 Å². The van der Waals surface area contributed by atoms with Crippen molar-refractivity contribution in [3.8, 4) is 11.5 Å². The zero-order chi connectivity index (χ0) is 16.9. The third-order valence-electron chi connectivity index (χ3n) is 4.34. The maximum absolute atomic E-state index is 9.20. The summed E-state index contributed by atoms with van der Waals surface area (Å²) in [4.78, 5) is 0. The number of benzene rings is 1. The molecule has 1 aromatic rings. The third-order valence-corrected chi connectivity index (χ3v) is 4.34. The highest BCUT2D eigenvalue weighted by Crippen LogP contribution is 2.31. The lowest BCUT2D eigenvalue weighted by molar-refractivity contribution is -0.0381. The summed E-state index contributed by atoms with van der Waals surface area (Å²) in [6, 6.07) is 7.83. The molecule has 1 atom stereocenters. The summed E-state index contributed by atoms with van der Waals surface area (Å²) in [7, 11) is 1.74. The van der Waals surface area contributed by atoms with E-state index >= 15 is 0 Å².